The van der Waals surface area contributed by atoms with Gasteiger partial charge in [-0.15, -0.1) is 11.6 Å². The fraction of sp³-hybridized carbons (Fsp3) is 0.176. The maximum atomic E-state index is 13.2. The van der Waals surface area contributed by atoms with Crippen molar-refractivity contribution in [1.29, 1.82) is 0 Å². The molecule has 0 spiro atoms. The van der Waals surface area contributed by atoms with Gasteiger partial charge in [-0.3, -0.25) is 0 Å². The summed E-state index contributed by atoms with van der Waals surface area (Å²) in [5, 5.41) is 0.484. The van der Waals surface area contributed by atoms with Crippen LogP contribution >= 0.6 is 23.2 Å². The maximum absolute atomic E-state index is 13.2. The van der Waals surface area contributed by atoms with Gasteiger partial charge < -0.3 is 4.74 Å². The third-order valence-corrected chi connectivity index (χ3v) is 3.39. The molecule has 0 unspecified atom stereocenters. The van der Waals surface area contributed by atoms with Crippen molar-refractivity contribution in [3.05, 3.63) is 63.9 Å². The summed E-state index contributed by atoms with van der Waals surface area (Å²) in [6, 6.07) is 9.78. The lowest BCUT2D eigenvalue weighted by Crippen LogP contribution is -1.98. The van der Waals surface area contributed by atoms with Crippen molar-refractivity contribution in [3.8, 4) is 17.6 Å². The Hall–Kier alpha value is -1.69. The van der Waals surface area contributed by atoms with E-state index >= 15 is 0 Å². The molecule has 0 atom stereocenters. The van der Waals surface area contributed by atoms with Crippen LogP contribution in [-0.4, -0.2) is 5.88 Å². The number of ether oxygens (including phenoxy) is 1. The van der Waals surface area contributed by atoms with Crippen LogP contribution in [0.5, 0.6) is 5.75 Å². The van der Waals surface area contributed by atoms with E-state index in [1.165, 1.54) is 18.2 Å². The SMILES string of the molecule is Cc1cc(OCc2cc(F)ccc2Cl)ccc1C#CCCl. The summed E-state index contributed by atoms with van der Waals surface area (Å²) >= 11 is 11.5. The number of hydrogen-bond acceptors (Lipinski definition) is 1. The Morgan fingerprint density at radius 1 is 1.19 bits per heavy atom. The summed E-state index contributed by atoms with van der Waals surface area (Å²) in [4.78, 5) is 0. The van der Waals surface area contributed by atoms with E-state index < -0.39 is 0 Å². The molecule has 2 aromatic carbocycles. The lowest BCUT2D eigenvalue weighted by molar-refractivity contribution is 0.305. The molecule has 0 N–H and O–H groups in total. The topological polar surface area (TPSA) is 9.23 Å². The second kappa shape index (κ2) is 7.36. The zero-order valence-electron chi connectivity index (χ0n) is 11.4. The fourth-order valence-corrected chi connectivity index (χ4v) is 2.05. The fourth-order valence-electron chi connectivity index (χ4n) is 1.81. The third-order valence-electron chi connectivity index (χ3n) is 2.89. The highest BCUT2D eigenvalue weighted by Crippen LogP contribution is 2.21. The van der Waals surface area contributed by atoms with E-state index in [0.717, 1.165) is 11.1 Å². The molecule has 4 heteroatoms. The van der Waals surface area contributed by atoms with E-state index in [2.05, 4.69) is 11.8 Å². The van der Waals surface area contributed by atoms with Crippen molar-refractivity contribution in [2.45, 2.75) is 13.5 Å². The van der Waals surface area contributed by atoms with Crippen LogP contribution in [0.25, 0.3) is 0 Å². The Balaban J connectivity index is 2.10. The highest BCUT2D eigenvalue weighted by atomic mass is 35.5. The summed E-state index contributed by atoms with van der Waals surface area (Å²) in [7, 11) is 0. The highest BCUT2D eigenvalue weighted by Gasteiger charge is 2.04. The minimum atomic E-state index is -0.333. The van der Waals surface area contributed by atoms with Crippen LogP contribution in [0.15, 0.2) is 36.4 Å². The average molecular weight is 323 g/mol. The molecule has 2 rings (SSSR count). The molecule has 0 heterocycles. The molecule has 0 saturated heterocycles. The molecule has 108 valence electrons. The minimum absolute atomic E-state index is 0.211. The van der Waals surface area contributed by atoms with Gasteiger partial charge in [0, 0.05) is 16.1 Å². The van der Waals surface area contributed by atoms with Gasteiger partial charge in [0.25, 0.3) is 0 Å². The van der Waals surface area contributed by atoms with E-state index in [1.54, 1.807) is 0 Å². The molecule has 2 aromatic rings. The Bertz CT molecular complexity index is 702. The van der Waals surface area contributed by atoms with Gasteiger partial charge in [0.1, 0.15) is 18.2 Å². The molecule has 0 aromatic heterocycles. The Morgan fingerprint density at radius 2 is 2.00 bits per heavy atom. The van der Waals surface area contributed by atoms with E-state index in [4.69, 9.17) is 27.9 Å². The molecule has 0 amide bonds. The van der Waals surface area contributed by atoms with E-state index in [9.17, 15) is 4.39 Å². The van der Waals surface area contributed by atoms with E-state index in [1.807, 2.05) is 25.1 Å². The number of halogens is 3. The van der Waals surface area contributed by atoms with Crippen LogP contribution in [0.3, 0.4) is 0 Å². The second-order valence-electron chi connectivity index (χ2n) is 4.44. The summed E-state index contributed by atoms with van der Waals surface area (Å²) in [6.07, 6.45) is 0. The Morgan fingerprint density at radius 3 is 2.71 bits per heavy atom. The van der Waals surface area contributed by atoms with Gasteiger partial charge in [-0.05, 0) is 48.9 Å². The quantitative estimate of drug-likeness (QED) is 0.573. The van der Waals surface area contributed by atoms with Crippen molar-refractivity contribution in [3.63, 3.8) is 0 Å². The van der Waals surface area contributed by atoms with Crippen molar-refractivity contribution in [2.24, 2.45) is 0 Å². The van der Waals surface area contributed by atoms with E-state index in [0.29, 0.717) is 22.2 Å². The number of alkyl halides is 1. The number of aryl methyl sites for hydroxylation is 1. The maximum Gasteiger partial charge on any atom is 0.123 e. The van der Waals surface area contributed by atoms with Gasteiger partial charge in [0.2, 0.25) is 0 Å². The Kier molecular flexibility index (Phi) is 5.50. The third kappa shape index (κ3) is 4.39. The zero-order valence-corrected chi connectivity index (χ0v) is 12.9. The molecular weight excluding hydrogens is 310 g/mol. The summed E-state index contributed by atoms with van der Waals surface area (Å²) < 4.78 is 18.8. The molecule has 1 nitrogen and oxygen atoms in total. The standard InChI is InChI=1S/C17H13Cl2FO/c1-12-9-16(6-4-13(12)3-2-8-18)21-11-14-10-15(20)5-7-17(14)19/h4-7,9-10H,8,11H2,1H3. The average Bonchev–Trinajstić information content (AvgIpc) is 2.47. The molecule has 0 bridgehead atoms. The molecule has 0 aliphatic heterocycles. The number of benzene rings is 2. The normalized spacial score (nSPS) is 9.90. The van der Waals surface area contributed by atoms with Crippen LogP contribution in [0, 0.1) is 24.6 Å². The van der Waals surface area contributed by atoms with Crippen molar-refractivity contribution >= 4 is 23.2 Å². The van der Waals surface area contributed by atoms with Crippen LogP contribution in [-0.2, 0) is 6.61 Å². The number of rotatable bonds is 3. The van der Waals surface area contributed by atoms with Gasteiger partial charge in [0.05, 0.1) is 5.88 Å². The first-order chi connectivity index (χ1) is 10.1. The van der Waals surface area contributed by atoms with Crippen LogP contribution < -0.4 is 4.74 Å². The van der Waals surface area contributed by atoms with Gasteiger partial charge in [-0.1, -0.05) is 23.4 Å². The largest absolute Gasteiger partial charge is 0.489 e. The zero-order chi connectivity index (χ0) is 15.2. The van der Waals surface area contributed by atoms with Gasteiger partial charge in [0.15, 0.2) is 0 Å². The number of hydrogen-bond donors (Lipinski definition) is 0. The lowest BCUT2D eigenvalue weighted by Gasteiger charge is -2.09. The highest BCUT2D eigenvalue weighted by molar-refractivity contribution is 6.31. The molecule has 0 saturated carbocycles. The van der Waals surface area contributed by atoms with Gasteiger partial charge in [-0.25, -0.2) is 4.39 Å². The van der Waals surface area contributed by atoms with Crippen LogP contribution in [0.1, 0.15) is 16.7 Å². The first kappa shape index (κ1) is 15.7. The predicted molar refractivity (Wildman–Crippen MR) is 84.5 cm³/mol. The minimum Gasteiger partial charge on any atom is -0.489 e. The summed E-state index contributed by atoms with van der Waals surface area (Å²) in [6.45, 7) is 2.16. The van der Waals surface area contributed by atoms with Crippen LogP contribution in [0.2, 0.25) is 5.02 Å². The van der Waals surface area contributed by atoms with Gasteiger partial charge >= 0.3 is 0 Å². The second-order valence-corrected chi connectivity index (χ2v) is 5.11. The van der Waals surface area contributed by atoms with Crippen LogP contribution in [0.4, 0.5) is 4.39 Å². The van der Waals surface area contributed by atoms with Crippen molar-refractivity contribution in [1.82, 2.24) is 0 Å². The van der Waals surface area contributed by atoms with Crippen molar-refractivity contribution < 1.29 is 9.13 Å². The smallest absolute Gasteiger partial charge is 0.123 e. The van der Waals surface area contributed by atoms with E-state index in [-0.39, 0.29) is 12.4 Å². The lowest BCUT2D eigenvalue weighted by atomic mass is 10.1. The molecule has 0 fully saturated rings. The monoisotopic (exact) mass is 322 g/mol. The summed E-state index contributed by atoms with van der Waals surface area (Å²) in [5.74, 6) is 6.44. The molecule has 0 aliphatic carbocycles. The molecule has 0 radical (unpaired) electrons. The molecule has 21 heavy (non-hydrogen) atoms. The molecule has 0 aliphatic rings. The summed E-state index contributed by atoms with van der Waals surface area (Å²) in [5.41, 5.74) is 2.52. The molecular formula is C17H13Cl2FO. The Labute approximate surface area is 133 Å². The predicted octanol–water partition coefficient (Wildman–Crippen LogP) is 4.96. The first-order valence-corrected chi connectivity index (χ1v) is 7.23. The van der Waals surface area contributed by atoms with Crippen molar-refractivity contribution in [2.75, 3.05) is 5.88 Å². The van der Waals surface area contributed by atoms with Gasteiger partial charge in [-0.2, -0.15) is 0 Å². The first-order valence-electron chi connectivity index (χ1n) is 6.32.